The highest BCUT2D eigenvalue weighted by molar-refractivity contribution is 9.10. The van der Waals surface area contributed by atoms with Crippen LogP contribution in [0, 0.1) is 0 Å². The molecule has 0 unspecified atom stereocenters. The summed E-state index contributed by atoms with van der Waals surface area (Å²) >= 11 is 11.1. The fourth-order valence-electron chi connectivity index (χ4n) is 2.72. The van der Waals surface area contributed by atoms with E-state index in [0.717, 1.165) is 26.9 Å². The first-order valence-electron chi connectivity index (χ1n) is 9.06. The third-order valence-corrected chi connectivity index (χ3v) is 6.29. The van der Waals surface area contributed by atoms with Crippen molar-refractivity contribution in [1.29, 1.82) is 0 Å². The number of ether oxygens (including phenoxy) is 2. The van der Waals surface area contributed by atoms with E-state index in [4.69, 9.17) is 21.1 Å². The molecule has 6 heteroatoms. The molecule has 1 aromatic heterocycles. The van der Waals surface area contributed by atoms with Gasteiger partial charge >= 0.3 is 0 Å². The molecule has 3 aromatic rings. The molecule has 0 radical (unpaired) electrons. The van der Waals surface area contributed by atoms with Gasteiger partial charge in [0.1, 0.15) is 18.1 Å². The Balaban J connectivity index is 1.74. The molecule has 150 valence electrons. The van der Waals surface area contributed by atoms with E-state index in [1.165, 1.54) is 16.2 Å². The van der Waals surface area contributed by atoms with Gasteiger partial charge in [0, 0.05) is 14.9 Å². The topological polar surface area (TPSA) is 35.5 Å². The lowest BCUT2D eigenvalue weighted by Crippen LogP contribution is -2.00. The lowest BCUT2D eigenvalue weighted by Gasteiger charge is -2.12. The summed E-state index contributed by atoms with van der Waals surface area (Å²) in [6.07, 6.45) is 4.35. The van der Waals surface area contributed by atoms with E-state index < -0.39 is 0 Å². The highest BCUT2D eigenvalue weighted by atomic mass is 79.9. The number of hydrogen-bond acceptors (Lipinski definition) is 4. The molecule has 0 aliphatic heterocycles. The highest BCUT2D eigenvalue weighted by Gasteiger charge is 2.09. The maximum Gasteiger partial charge on any atom is 0.195 e. The van der Waals surface area contributed by atoms with Gasteiger partial charge in [0.05, 0.1) is 17.0 Å². The zero-order valence-corrected chi connectivity index (χ0v) is 19.2. The summed E-state index contributed by atoms with van der Waals surface area (Å²) in [7, 11) is 1.62. The van der Waals surface area contributed by atoms with Crippen LogP contribution in [-0.2, 0) is 13.0 Å². The standard InChI is InChI=1S/C23H20BrClO3S/c1-3-18-7-11-23(29-18)20(26)8-4-15-5-9-21(27-2)16(12-15)14-28-22-10-6-17(24)13-19(22)25/h4-13H,3,14H2,1-2H3/b8-4+. The second-order valence-corrected chi connectivity index (χ2v) is 8.74. The van der Waals surface area contributed by atoms with Crippen molar-refractivity contribution in [2.45, 2.75) is 20.0 Å². The van der Waals surface area contributed by atoms with Crippen molar-refractivity contribution in [3.63, 3.8) is 0 Å². The summed E-state index contributed by atoms with van der Waals surface area (Å²) < 4.78 is 12.2. The third kappa shape index (κ3) is 5.72. The van der Waals surface area contributed by atoms with E-state index in [9.17, 15) is 4.79 Å². The van der Waals surface area contributed by atoms with Gasteiger partial charge in [-0.2, -0.15) is 0 Å². The largest absolute Gasteiger partial charge is 0.496 e. The Labute approximate surface area is 188 Å². The Bertz CT molecular complexity index is 1040. The summed E-state index contributed by atoms with van der Waals surface area (Å²) in [5, 5.41) is 0.530. The highest BCUT2D eigenvalue weighted by Crippen LogP contribution is 2.30. The maximum atomic E-state index is 12.4. The summed E-state index contributed by atoms with van der Waals surface area (Å²) in [5.41, 5.74) is 1.76. The molecule has 0 saturated heterocycles. The number of rotatable bonds is 8. The normalized spacial score (nSPS) is 11.0. The minimum Gasteiger partial charge on any atom is -0.496 e. The van der Waals surface area contributed by atoms with Gasteiger partial charge < -0.3 is 9.47 Å². The van der Waals surface area contributed by atoms with E-state index in [2.05, 4.69) is 22.9 Å². The molecule has 3 rings (SSSR count). The number of methoxy groups -OCH3 is 1. The summed E-state index contributed by atoms with van der Waals surface area (Å²) in [4.78, 5) is 14.3. The number of allylic oxidation sites excluding steroid dienone is 1. The van der Waals surface area contributed by atoms with Crippen molar-refractivity contribution in [1.82, 2.24) is 0 Å². The molecule has 0 spiro atoms. The van der Waals surface area contributed by atoms with Gasteiger partial charge in [0.15, 0.2) is 5.78 Å². The first kappa shape index (κ1) is 21.6. The SMILES string of the molecule is CCc1ccc(C(=O)/C=C/c2ccc(OC)c(COc3ccc(Br)cc3Cl)c2)s1. The van der Waals surface area contributed by atoms with Gasteiger partial charge in [-0.3, -0.25) is 4.79 Å². The van der Waals surface area contributed by atoms with Crippen LogP contribution in [0.1, 0.15) is 32.6 Å². The van der Waals surface area contributed by atoms with Crippen molar-refractivity contribution < 1.29 is 14.3 Å². The van der Waals surface area contributed by atoms with Gasteiger partial charge in [-0.1, -0.05) is 46.6 Å². The number of benzene rings is 2. The van der Waals surface area contributed by atoms with Crippen LogP contribution in [0.2, 0.25) is 5.02 Å². The molecule has 0 aliphatic carbocycles. The van der Waals surface area contributed by atoms with Gasteiger partial charge in [0.2, 0.25) is 0 Å². The van der Waals surface area contributed by atoms with Crippen LogP contribution in [0.5, 0.6) is 11.5 Å². The van der Waals surface area contributed by atoms with E-state index in [1.54, 1.807) is 19.3 Å². The quantitative estimate of drug-likeness (QED) is 0.247. The predicted molar refractivity (Wildman–Crippen MR) is 124 cm³/mol. The molecule has 3 nitrogen and oxygen atoms in total. The van der Waals surface area contributed by atoms with E-state index in [0.29, 0.717) is 23.1 Å². The number of thiophene rings is 1. The molecule has 0 amide bonds. The first-order valence-corrected chi connectivity index (χ1v) is 11.0. The lowest BCUT2D eigenvalue weighted by atomic mass is 10.1. The second kappa shape index (κ2) is 10.1. The average Bonchev–Trinajstić information content (AvgIpc) is 3.21. The summed E-state index contributed by atoms with van der Waals surface area (Å²) in [6.45, 7) is 2.38. The Kier molecular flexibility index (Phi) is 7.53. The zero-order chi connectivity index (χ0) is 20.8. The predicted octanol–water partition coefficient (Wildman–Crippen LogP) is 7.21. The molecule has 0 N–H and O–H groups in total. The van der Waals surface area contributed by atoms with Crippen LogP contribution in [0.15, 0.2) is 59.1 Å². The Morgan fingerprint density at radius 1 is 1.14 bits per heavy atom. The molecule has 2 aromatic carbocycles. The van der Waals surface area contributed by atoms with Crippen LogP contribution in [-0.4, -0.2) is 12.9 Å². The lowest BCUT2D eigenvalue weighted by molar-refractivity contribution is 0.105. The van der Waals surface area contributed by atoms with Crippen LogP contribution in [0.3, 0.4) is 0 Å². The van der Waals surface area contributed by atoms with Crippen LogP contribution < -0.4 is 9.47 Å². The molecule has 0 saturated carbocycles. The summed E-state index contributed by atoms with van der Waals surface area (Å²) in [5.74, 6) is 1.31. The molecule has 29 heavy (non-hydrogen) atoms. The molecule has 1 heterocycles. The van der Waals surface area contributed by atoms with Crippen molar-refractivity contribution in [2.75, 3.05) is 7.11 Å². The number of halogens is 2. The van der Waals surface area contributed by atoms with E-state index >= 15 is 0 Å². The molecular formula is C23H20BrClO3S. The fraction of sp³-hybridized carbons (Fsp3) is 0.174. The number of carbonyl (C=O) groups is 1. The first-order chi connectivity index (χ1) is 14.0. The number of aryl methyl sites for hydroxylation is 1. The molecular weight excluding hydrogens is 472 g/mol. The number of carbonyl (C=O) groups excluding carboxylic acids is 1. The molecule has 0 aliphatic rings. The average molecular weight is 492 g/mol. The minimum atomic E-state index is 0.00459. The van der Waals surface area contributed by atoms with Gasteiger partial charge in [-0.25, -0.2) is 0 Å². The Morgan fingerprint density at radius 2 is 1.93 bits per heavy atom. The Morgan fingerprint density at radius 3 is 2.62 bits per heavy atom. The fourth-order valence-corrected chi connectivity index (χ4v) is 4.31. The number of hydrogen-bond donors (Lipinski definition) is 0. The zero-order valence-electron chi connectivity index (χ0n) is 16.1. The van der Waals surface area contributed by atoms with Crippen molar-refractivity contribution >= 4 is 50.7 Å². The smallest absolute Gasteiger partial charge is 0.195 e. The number of ketones is 1. The molecule has 0 fully saturated rings. The minimum absolute atomic E-state index is 0.00459. The van der Waals surface area contributed by atoms with Crippen LogP contribution >= 0.6 is 38.9 Å². The van der Waals surface area contributed by atoms with Crippen molar-refractivity contribution in [2.24, 2.45) is 0 Å². The van der Waals surface area contributed by atoms with Crippen molar-refractivity contribution in [3.8, 4) is 11.5 Å². The van der Waals surface area contributed by atoms with Crippen LogP contribution in [0.4, 0.5) is 0 Å². The van der Waals surface area contributed by atoms with Gasteiger partial charge in [-0.05, 0) is 60.5 Å². The molecule has 0 bridgehead atoms. The van der Waals surface area contributed by atoms with E-state index in [-0.39, 0.29) is 5.78 Å². The molecule has 0 atom stereocenters. The summed E-state index contributed by atoms with van der Waals surface area (Å²) in [6, 6.07) is 15.1. The van der Waals surface area contributed by atoms with Crippen LogP contribution in [0.25, 0.3) is 6.08 Å². The van der Waals surface area contributed by atoms with Crippen molar-refractivity contribution in [3.05, 3.63) is 85.0 Å². The second-order valence-electron chi connectivity index (χ2n) is 6.25. The van der Waals surface area contributed by atoms with Gasteiger partial charge in [-0.15, -0.1) is 11.3 Å². The Hall–Kier alpha value is -2.08. The van der Waals surface area contributed by atoms with E-state index in [1.807, 2.05) is 48.5 Å². The van der Waals surface area contributed by atoms with Gasteiger partial charge in [0.25, 0.3) is 0 Å². The monoisotopic (exact) mass is 490 g/mol. The third-order valence-electron chi connectivity index (χ3n) is 4.26. The maximum absolute atomic E-state index is 12.4.